The van der Waals surface area contributed by atoms with Crippen LogP contribution in [0.5, 0.6) is 5.75 Å². The Morgan fingerprint density at radius 2 is 2.16 bits per heavy atom. The summed E-state index contributed by atoms with van der Waals surface area (Å²) in [6.45, 7) is 3.11. The molecule has 1 fully saturated rings. The predicted octanol–water partition coefficient (Wildman–Crippen LogP) is 3.80. The predicted molar refractivity (Wildman–Crippen MR) is 95.8 cm³/mol. The summed E-state index contributed by atoms with van der Waals surface area (Å²) in [6.07, 6.45) is 3.34. The summed E-state index contributed by atoms with van der Waals surface area (Å²) in [5.74, 6) is 1.47. The Morgan fingerprint density at radius 3 is 2.92 bits per heavy atom. The summed E-state index contributed by atoms with van der Waals surface area (Å²) in [5.41, 5.74) is 0. The lowest BCUT2D eigenvalue weighted by Gasteiger charge is -2.33. The van der Waals surface area contributed by atoms with Gasteiger partial charge in [0.1, 0.15) is 5.75 Å². The molecule has 0 saturated carbocycles. The van der Waals surface area contributed by atoms with Crippen LogP contribution in [0.1, 0.15) is 32.1 Å². The molecule has 0 N–H and O–H groups in total. The van der Waals surface area contributed by atoms with Crippen molar-refractivity contribution in [1.29, 1.82) is 0 Å². The van der Waals surface area contributed by atoms with Crippen molar-refractivity contribution in [2.75, 3.05) is 12.3 Å². The molecule has 0 radical (unpaired) electrons. The molecule has 1 saturated heterocycles. The SMILES string of the molecule is CC1CCCCN1C(=O)CSc1nnc(COc2ccc(Cl)cc2)o1. The van der Waals surface area contributed by atoms with E-state index >= 15 is 0 Å². The van der Waals surface area contributed by atoms with Gasteiger partial charge >= 0.3 is 0 Å². The van der Waals surface area contributed by atoms with Gasteiger partial charge in [-0.1, -0.05) is 23.4 Å². The van der Waals surface area contributed by atoms with Crippen LogP contribution in [0.2, 0.25) is 5.02 Å². The fourth-order valence-corrected chi connectivity index (χ4v) is 3.50. The molecular weight excluding hydrogens is 362 g/mol. The van der Waals surface area contributed by atoms with Gasteiger partial charge in [-0.25, -0.2) is 0 Å². The van der Waals surface area contributed by atoms with Gasteiger partial charge in [-0.15, -0.1) is 10.2 Å². The molecule has 134 valence electrons. The molecule has 1 atom stereocenters. The van der Waals surface area contributed by atoms with Gasteiger partial charge in [0.15, 0.2) is 6.61 Å². The number of piperidine rings is 1. The van der Waals surface area contributed by atoms with E-state index in [-0.39, 0.29) is 12.5 Å². The second kappa shape index (κ2) is 8.58. The Kier molecular flexibility index (Phi) is 6.20. The summed E-state index contributed by atoms with van der Waals surface area (Å²) >= 11 is 7.09. The standard InChI is InChI=1S/C17H20ClN3O3S/c1-12-4-2-3-9-21(12)16(22)11-25-17-20-19-15(24-17)10-23-14-7-5-13(18)6-8-14/h5-8,12H,2-4,9-11H2,1H3. The van der Waals surface area contributed by atoms with E-state index in [4.69, 9.17) is 20.8 Å². The van der Waals surface area contributed by atoms with Crippen LogP contribution in [0.3, 0.4) is 0 Å². The van der Waals surface area contributed by atoms with E-state index in [1.165, 1.54) is 18.2 Å². The van der Waals surface area contributed by atoms with Crippen LogP contribution in [0.15, 0.2) is 33.9 Å². The highest BCUT2D eigenvalue weighted by molar-refractivity contribution is 7.99. The summed E-state index contributed by atoms with van der Waals surface area (Å²) < 4.78 is 11.1. The summed E-state index contributed by atoms with van der Waals surface area (Å²) in [6, 6.07) is 7.35. The van der Waals surface area contributed by atoms with Gasteiger partial charge in [0, 0.05) is 17.6 Å². The van der Waals surface area contributed by atoms with Gasteiger partial charge in [0.05, 0.1) is 5.75 Å². The molecule has 1 aromatic carbocycles. The number of aromatic nitrogens is 2. The van der Waals surface area contributed by atoms with Gasteiger partial charge in [-0.2, -0.15) is 0 Å². The molecule has 2 heterocycles. The minimum absolute atomic E-state index is 0.120. The minimum Gasteiger partial charge on any atom is -0.484 e. The smallest absolute Gasteiger partial charge is 0.277 e. The van der Waals surface area contributed by atoms with Crippen LogP contribution in [0.25, 0.3) is 0 Å². The van der Waals surface area contributed by atoms with E-state index in [2.05, 4.69) is 17.1 Å². The van der Waals surface area contributed by atoms with Crippen molar-refractivity contribution in [2.24, 2.45) is 0 Å². The molecule has 0 bridgehead atoms. The summed E-state index contributed by atoms with van der Waals surface area (Å²) in [7, 11) is 0. The molecule has 1 amide bonds. The van der Waals surface area contributed by atoms with Crippen LogP contribution in [-0.4, -0.2) is 39.3 Å². The fourth-order valence-electron chi connectivity index (χ4n) is 2.71. The zero-order valence-corrected chi connectivity index (χ0v) is 15.6. The first-order valence-electron chi connectivity index (χ1n) is 8.25. The Bertz CT molecular complexity index is 707. The first kappa shape index (κ1) is 18.1. The number of carbonyl (C=O) groups excluding carboxylic acids is 1. The maximum atomic E-state index is 12.3. The van der Waals surface area contributed by atoms with E-state index in [0.29, 0.717) is 33.7 Å². The number of hydrogen-bond donors (Lipinski definition) is 0. The van der Waals surface area contributed by atoms with Gasteiger partial charge in [-0.3, -0.25) is 4.79 Å². The zero-order chi connectivity index (χ0) is 17.6. The van der Waals surface area contributed by atoms with Crippen LogP contribution < -0.4 is 4.74 Å². The highest BCUT2D eigenvalue weighted by atomic mass is 35.5. The van der Waals surface area contributed by atoms with E-state index in [1.54, 1.807) is 24.3 Å². The highest BCUT2D eigenvalue weighted by Crippen LogP contribution is 2.22. The van der Waals surface area contributed by atoms with Crippen molar-refractivity contribution in [3.8, 4) is 5.75 Å². The van der Waals surface area contributed by atoms with Gasteiger partial charge in [-0.05, 0) is 50.5 Å². The Hall–Kier alpha value is -1.73. The van der Waals surface area contributed by atoms with Crippen molar-refractivity contribution in [3.63, 3.8) is 0 Å². The summed E-state index contributed by atoms with van der Waals surface area (Å²) in [4.78, 5) is 14.2. The second-order valence-corrected chi connectivity index (χ2v) is 7.29. The monoisotopic (exact) mass is 381 g/mol. The number of benzene rings is 1. The number of ether oxygens (including phenoxy) is 1. The lowest BCUT2D eigenvalue weighted by molar-refractivity contribution is -0.131. The van der Waals surface area contributed by atoms with Crippen molar-refractivity contribution in [3.05, 3.63) is 35.2 Å². The van der Waals surface area contributed by atoms with Crippen molar-refractivity contribution >= 4 is 29.3 Å². The highest BCUT2D eigenvalue weighted by Gasteiger charge is 2.23. The average Bonchev–Trinajstić information content (AvgIpc) is 3.07. The summed E-state index contributed by atoms with van der Waals surface area (Å²) in [5, 5.41) is 8.93. The zero-order valence-electron chi connectivity index (χ0n) is 14.0. The lowest BCUT2D eigenvalue weighted by atomic mass is 10.0. The Balaban J connectivity index is 1.46. The third kappa shape index (κ3) is 5.12. The number of hydrogen-bond acceptors (Lipinski definition) is 6. The largest absolute Gasteiger partial charge is 0.484 e. The molecule has 1 aliphatic rings. The maximum absolute atomic E-state index is 12.3. The van der Waals surface area contributed by atoms with Crippen LogP contribution in [-0.2, 0) is 11.4 Å². The Labute approximate surface area is 155 Å². The number of rotatable bonds is 6. The second-order valence-electron chi connectivity index (χ2n) is 5.92. The molecule has 6 nitrogen and oxygen atoms in total. The van der Waals surface area contributed by atoms with Crippen LogP contribution >= 0.6 is 23.4 Å². The third-order valence-corrected chi connectivity index (χ3v) is 5.12. The molecule has 3 rings (SSSR count). The molecule has 8 heteroatoms. The van der Waals surface area contributed by atoms with E-state index in [1.807, 2.05) is 4.90 Å². The van der Waals surface area contributed by atoms with Gasteiger partial charge in [0.2, 0.25) is 5.91 Å². The van der Waals surface area contributed by atoms with Crippen molar-refractivity contribution in [2.45, 2.75) is 44.1 Å². The van der Waals surface area contributed by atoms with Crippen molar-refractivity contribution < 1.29 is 13.9 Å². The van der Waals surface area contributed by atoms with E-state index < -0.39 is 0 Å². The topological polar surface area (TPSA) is 68.5 Å². The number of amides is 1. The molecule has 1 aromatic heterocycles. The first-order chi connectivity index (χ1) is 12.1. The van der Waals surface area contributed by atoms with E-state index in [9.17, 15) is 4.79 Å². The number of likely N-dealkylation sites (tertiary alicyclic amines) is 1. The Morgan fingerprint density at radius 1 is 1.36 bits per heavy atom. The van der Waals surface area contributed by atoms with Gasteiger partial charge in [0.25, 0.3) is 11.1 Å². The minimum atomic E-state index is 0.120. The number of nitrogens with zero attached hydrogens (tertiary/aromatic N) is 3. The quantitative estimate of drug-likeness (QED) is 0.709. The average molecular weight is 382 g/mol. The van der Waals surface area contributed by atoms with Crippen LogP contribution in [0.4, 0.5) is 0 Å². The lowest BCUT2D eigenvalue weighted by Crippen LogP contribution is -2.42. The molecule has 0 spiro atoms. The number of carbonyl (C=O) groups is 1. The molecular formula is C17H20ClN3O3S. The molecule has 0 aliphatic carbocycles. The molecule has 25 heavy (non-hydrogen) atoms. The first-order valence-corrected chi connectivity index (χ1v) is 9.61. The van der Waals surface area contributed by atoms with E-state index in [0.717, 1.165) is 19.4 Å². The number of halogens is 1. The van der Waals surface area contributed by atoms with Gasteiger partial charge < -0.3 is 14.1 Å². The fraction of sp³-hybridized carbons (Fsp3) is 0.471. The molecule has 1 unspecified atom stereocenters. The van der Waals surface area contributed by atoms with Crippen molar-refractivity contribution in [1.82, 2.24) is 15.1 Å². The third-order valence-electron chi connectivity index (χ3n) is 4.07. The normalized spacial score (nSPS) is 17.5. The molecule has 1 aliphatic heterocycles. The molecule has 2 aromatic rings. The number of thioether (sulfide) groups is 1. The maximum Gasteiger partial charge on any atom is 0.277 e. The van der Waals surface area contributed by atoms with Crippen LogP contribution in [0, 0.1) is 0 Å².